The van der Waals surface area contributed by atoms with Gasteiger partial charge in [-0.25, -0.2) is 4.98 Å². The number of rotatable bonds is 5. The van der Waals surface area contributed by atoms with Crippen molar-refractivity contribution >= 4 is 11.7 Å². The van der Waals surface area contributed by atoms with Crippen molar-refractivity contribution in [3.05, 3.63) is 60.3 Å². The van der Waals surface area contributed by atoms with Gasteiger partial charge in [-0.3, -0.25) is 4.79 Å². The van der Waals surface area contributed by atoms with Crippen LogP contribution < -0.4 is 16.0 Å². The first kappa shape index (κ1) is 17.4. The van der Waals surface area contributed by atoms with Crippen molar-refractivity contribution in [1.29, 1.82) is 0 Å². The van der Waals surface area contributed by atoms with Crippen LogP contribution in [0.4, 0.5) is 5.82 Å². The zero-order valence-electron chi connectivity index (χ0n) is 14.6. The Morgan fingerprint density at radius 2 is 1.84 bits per heavy atom. The van der Waals surface area contributed by atoms with Gasteiger partial charge < -0.3 is 16.0 Å². The monoisotopic (exact) mass is 338 g/mol. The number of carbonyl (C=O) groups is 1. The van der Waals surface area contributed by atoms with E-state index >= 15 is 0 Å². The number of nitrogens with two attached hydrogens (primary N) is 1. The molecule has 1 amide bonds. The molecule has 0 bridgehead atoms. The molecule has 0 radical (unpaired) electrons. The van der Waals surface area contributed by atoms with Crippen molar-refractivity contribution in [2.45, 2.75) is 31.8 Å². The van der Waals surface area contributed by atoms with Gasteiger partial charge >= 0.3 is 0 Å². The highest BCUT2D eigenvalue weighted by Gasteiger charge is 2.26. The minimum Gasteiger partial charge on any atom is -0.356 e. The fourth-order valence-corrected chi connectivity index (χ4v) is 3.25. The Bertz CT molecular complexity index is 669. The van der Waals surface area contributed by atoms with Crippen molar-refractivity contribution < 1.29 is 4.79 Å². The zero-order valence-corrected chi connectivity index (χ0v) is 14.6. The van der Waals surface area contributed by atoms with E-state index in [1.165, 1.54) is 0 Å². The van der Waals surface area contributed by atoms with Crippen LogP contribution in [-0.4, -0.2) is 30.0 Å². The summed E-state index contributed by atoms with van der Waals surface area (Å²) < 4.78 is 0. The minimum atomic E-state index is -0.283. The first-order valence-corrected chi connectivity index (χ1v) is 8.92. The lowest BCUT2D eigenvalue weighted by molar-refractivity contribution is -0.126. The molecule has 1 saturated heterocycles. The number of hydrogen-bond donors (Lipinski definition) is 2. The molecule has 3 N–H and O–H groups in total. The molecule has 1 aliphatic heterocycles. The lowest BCUT2D eigenvalue weighted by Gasteiger charge is -2.34. The molecular weight excluding hydrogens is 312 g/mol. The molecule has 2 heterocycles. The molecule has 132 valence electrons. The summed E-state index contributed by atoms with van der Waals surface area (Å²) in [4.78, 5) is 19.2. The molecule has 1 aromatic heterocycles. The molecule has 1 aromatic carbocycles. The number of carbonyl (C=O) groups excluding carboxylic acids is 1. The highest BCUT2D eigenvalue weighted by molar-refractivity contribution is 5.79. The molecular formula is C20H26N4O. The van der Waals surface area contributed by atoms with Gasteiger partial charge in [-0.1, -0.05) is 43.3 Å². The van der Waals surface area contributed by atoms with Gasteiger partial charge in [0.05, 0.1) is 5.92 Å². The number of nitrogens with zero attached hydrogens (tertiary/aromatic N) is 2. The summed E-state index contributed by atoms with van der Waals surface area (Å²) in [6.07, 6.45) is 3.67. The van der Waals surface area contributed by atoms with Crippen LogP contribution in [0.25, 0.3) is 0 Å². The molecule has 5 heteroatoms. The third-order valence-corrected chi connectivity index (χ3v) is 4.95. The molecule has 0 spiro atoms. The molecule has 2 aromatic rings. The molecule has 0 aliphatic carbocycles. The van der Waals surface area contributed by atoms with Crippen LogP contribution in [0.3, 0.4) is 0 Å². The van der Waals surface area contributed by atoms with Gasteiger partial charge in [0.15, 0.2) is 0 Å². The lowest BCUT2D eigenvalue weighted by Crippen LogP contribution is -2.47. The third-order valence-electron chi connectivity index (χ3n) is 4.95. The Hall–Kier alpha value is -2.40. The Balaban J connectivity index is 1.50. The van der Waals surface area contributed by atoms with E-state index in [-0.39, 0.29) is 23.9 Å². The summed E-state index contributed by atoms with van der Waals surface area (Å²) >= 11 is 0. The van der Waals surface area contributed by atoms with Crippen molar-refractivity contribution in [2.75, 3.05) is 18.0 Å². The first-order valence-electron chi connectivity index (χ1n) is 8.92. The van der Waals surface area contributed by atoms with Crippen molar-refractivity contribution in [3.8, 4) is 0 Å². The molecule has 2 unspecified atom stereocenters. The van der Waals surface area contributed by atoms with Crippen LogP contribution >= 0.6 is 0 Å². The van der Waals surface area contributed by atoms with Gasteiger partial charge in [0.2, 0.25) is 5.91 Å². The van der Waals surface area contributed by atoms with E-state index in [2.05, 4.69) is 15.2 Å². The normalized spacial score (nSPS) is 17.8. The predicted octanol–water partition coefficient (Wildman–Crippen LogP) is 2.50. The maximum absolute atomic E-state index is 12.6. The zero-order chi connectivity index (χ0) is 17.6. The van der Waals surface area contributed by atoms with Crippen molar-refractivity contribution in [2.24, 2.45) is 11.7 Å². The standard InChI is InChI=1S/C20H26N4O/c1-15(19(21)16-7-3-2-4-8-16)20(25)23-17-10-13-24(14-11-17)18-9-5-6-12-22-18/h2-9,12,15,17,19H,10-11,13-14,21H2,1H3,(H,23,25). The number of aromatic nitrogens is 1. The summed E-state index contributed by atoms with van der Waals surface area (Å²) in [5.41, 5.74) is 7.26. The van der Waals surface area contributed by atoms with E-state index in [0.717, 1.165) is 37.3 Å². The summed E-state index contributed by atoms with van der Waals surface area (Å²) in [6.45, 7) is 3.71. The van der Waals surface area contributed by atoms with Crippen LogP contribution in [0.2, 0.25) is 0 Å². The fraction of sp³-hybridized carbons (Fsp3) is 0.400. The topological polar surface area (TPSA) is 71.2 Å². The minimum absolute atomic E-state index is 0.0349. The Labute approximate surface area is 149 Å². The second-order valence-corrected chi connectivity index (χ2v) is 6.68. The van der Waals surface area contributed by atoms with Crippen LogP contribution in [-0.2, 0) is 4.79 Å². The summed E-state index contributed by atoms with van der Waals surface area (Å²) in [5.74, 6) is 0.788. The average molecular weight is 338 g/mol. The number of pyridine rings is 1. The van der Waals surface area contributed by atoms with E-state index in [1.807, 2.05) is 61.7 Å². The molecule has 25 heavy (non-hydrogen) atoms. The lowest BCUT2D eigenvalue weighted by atomic mass is 9.94. The van der Waals surface area contributed by atoms with E-state index in [0.29, 0.717) is 0 Å². The summed E-state index contributed by atoms with van der Waals surface area (Å²) in [6, 6.07) is 15.7. The van der Waals surface area contributed by atoms with Gasteiger partial charge in [0, 0.05) is 31.4 Å². The van der Waals surface area contributed by atoms with Gasteiger partial charge in [0.1, 0.15) is 5.82 Å². The van der Waals surface area contributed by atoms with E-state index in [9.17, 15) is 4.79 Å². The largest absolute Gasteiger partial charge is 0.356 e. The van der Waals surface area contributed by atoms with E-state index in [1.54, 1.807) is 0 Å². The smallest absolute Gasteiger partial charge is 0.224 e. The number of hydrogen-bond acceptors (Lipinski definition) is 4. The Morgan fingerprint density at radius 3 is 2.48 bits per heavy atom. The maximum atomic E-state index is 12.6. The van der Waals surface area contributed by atoms with Crippen LogP contribution in [0.15, 0.2) is 54.7 Å². The van der Waals surface area contributed by atoms with Gasteiger partial charge in [0.25, 0.3) is 0 Å². The first-order chi connectivity index (χ1) is 12.1. The van der Waals surface area contributed by atoms with E-state index < -0.39 is 0 Å². The second kappa shape index (κ2) is 8.12. The number of benzene rings is 1. The Morgan fingerprint density at radius 1 is 1.16 bits per heavy atom. The van der Waals surface area contributed by atoms with Crippen LogP contribution in [0.1, 0.15) is 31.4 Å². The molecule has 1 fully saturated rings. The number of nitrogens with one attached hydrogen (secondary N) is 1. The number of anilines is 1. The summed E-state index contributed by atoms with van der Waals surface area (Å²) in [7, 11) is 0. The van der Waals surface area contributed by atoms with Gasteiger partial charge in [-0.05, 0) is 30.5 Å². The molecule has 5 nitrogen and oxygen atoms in total. The SMILES string of the molecule is CC(C(=O)NC1CCN(c2ccccn2)CC1)C(N)c1ccccc1. The summed E-state index contributed by atoms with van der Waals surface area (Å²) in [5, 5.41) is 3.18. The van der Waals surface area contributed by atoms with Crippen molar-refractivity contribution in [3.63, 3.8) is 0 Å². The fourth-order valence-electron chi connectivity index (χ4n) is 3.25. The van der Waals surface area contributed by atoms with Crippen LogP contribution in [0, 0.1) is 5.92 Å². The maximum Gasteiger partial charge on any atom is 0.224 e. The quantitative estimate of drug-likeness (QED) is 0.879. The predicted molar refractivity (Wildman–Crippen MR) is 100 cm³/mol. The second-order valence-electron chi connectivity index (χ2n) is 6.68. The Kier molecular flexibility index (Phi) is 5.66. The molecule has 2 atom stereocenters. The number of amides is 1. The number of piperidine rings is 1. The third kappa shape index (κ3) is 4.37. The van der Waals surface area contributed by atoms with E-state index in [4.69, 9.17) is 5.73 Å². The highest BCUT2D eigenvalue weighted by atomic mass is 16.2. The molecule has 3 rings (SSSR count). The average Bonchev–Trinajstić information content (AvgIpc) is 2.68. The van der Waals surface area contributed by atoms with Gasteiger partial charge in [-0.2, -0.15) is 0 Å². The molecule has 1 aliphatic rings. The van der Waals surface area contributed by atoms with Crippen molar-refractivity contribution in [1.82, 2.24) is 10.3 Å². The van der Waals surface area contributed by atoms with Crippen LogP contribution in [0.5, 0.6) is 0 Å². The van der Waals surface area contributed by atoms with Gasteiger partial charge in [-0.15, -0.1) is 0 Å². The highest BCUT2D eigenvalue weighted by Crippen LogP contribution is 2.21. The molecule has 0 saturated carbocycles.